The zero-order valence-corrected chi connectivity index (χ0v) is 11.4. The van der Waals surface area contributed by atoms with Gasteiger partial charge in [-0.05, 0) is 18.6 Å². The summed E-state index contributed by atoms with van der Waals surface area (Å²) in [7, 11) is -3.41. The molecule has 4 nitrogen and oxygen atoms in total. The maximum absolute atomic E-state index is 12.4. The van der Waals surface area contributed by atoms with E-state index in [1.54, 1.807) is 34.3 Å². The smallest absolute Gasteiger partial charge is 0.243 e. The molecule has 0 saturated carbocycles. The number of hydrogen-bond acceptors (Lipinski definition) is 4. The van der Waals surface area contributed by atoms with Crippen LogP contribution in [0.4, 0.5) is 0 Å². The van der Waals surface area contributed by atoms with Crippen LogP contribution < -0.4 is 0 Å². The zero-order chi connectivity index (χ0) is 12.3. The number of pyridine rings is 1. The van der Waals surface area contributed by atoms with Gasteiger partial charge in [0.15, 0.2) is 5.03 Å². The van der Waals surface area contributed by atoms with Crippen molar-refractivity contribution in [2.75, 3.05) is 12.3 Å². The molecule has 1 aliphatic heterocycles. The molecule has 94 valence electrons. The van der Waals surface area contributed by atoms with Crippen LogP contribution in [0.25, 0.3) is 0 Å². The van der Waals surface area contributed by atoms with E-state index >= 15 is 0 Å². The summed E-state index contributed by atoms with van der Waals surface area (Å²) in [5.74, 6) is 0.872. The third kappa shape index (κ3) is 2.64. The minimum absolute atomic E-state index is 0.0759. The fraction of sp³-hybridized carbons (Fsp3) is 0.545. The Labute approximate surface area is 106 Å². The van der Waals surface area contributed by atoms with Gasteiger partial charge in [0, 0.05) is 18.5 Å². The predicted molar refractivity (Wildman–Crippen MR) is 69.3 cm³/mol. The van der Waals surface area contributed by atoms with Crippen LogP contribution in [-0.2, 0) is 10.0 Å². The second-order valence-corrected chi connectivity index (χ2v) is 7.02. The lowest BCUT2D eigenvalue weighted by Crippen LogP contribution is -2.35. The van der Waals surface area contributed by atoms with Crippen LogP contribution in [0.2, 0.25) is 0 Å². The lowest BCUT2D eigenvalue weighted by Gasteiger charge is -2.22. The first-order chi connectivity index (χ1) is 8.16. The van der Waals surface area contributed by atoms with E-state index in [1.807, 2.05) is 0 Å². The van der Waals surface area contributed by atoms with Crippen LogP contribution in [0.5, 0.6) is 0 Å². The molecule has 1 atom stereocenters. The maximum atomic E-state index is 12.4. The fourth-order valence-corrected chi connectivity index (χ4v) is 5.19. The van der Waals surface area contributed by atoms with Crippen molar-refractivity contribution in [1.29, 1.82) is 0 Å². The molecule has 2 rings (SSSR count). The van der Waals surface area contributed by atoms with Gasteiger partial charge in [0.25, 0.3) is 10.0 Å². The van der Waals surface area contributed by atoms with E-state index in [1.165, 1.54) is 6.20 Å². The Kier molecular flexibility index (Phi) is 4.06. The van der Waals surface area contributed by atoms with E-state index < -0.39 is 10.0 Å². The molecular formula is C11H16N2O2S2. The molecule has 2 heterocycles. The Bertz CT molecular complexity index is 462. The van der Waals surface area contributed by atoms with Crippen molar-refractivity contribution in [3.63, 3.8) is 0 Å². The lowest BCUT2D eigenvalue weighted by molar-refractivity contribution is 0.410. The Hall–Kier alpha value is -0.590. The highest BCUT2D eigenvalue weighted by Gasteiger charge is 2.35. The summed E-state index contributed by atoms with van der Waals surface area (Å²) in [6, 6.07) is 4.99. The van der Waals surface area contributed by atoms with E-state index in [4.69, 9.17) is 0 Å². The molecule has 0 amide bonds. The third-order valence-electron chi connectivity index (χ3n) is 2.69. The molecule has 0 spiro atoms. The average molecular weight is 272 g/mol. The van der Waals surface area contributed by atoms with Crippen LogP contribution in [0.3, 0.4) is 0 Å². The van der Waals surface area contributed by atoms with Gasteiger partial charge in [0.1, 0.15) is 0 Å². The van der Waals surface area contributed by atoms with Gasteiger partial charge in [0.05, 0.1) is 5.37 Å². The number of aromatic nitrogens is 1. The Morgan fingerprint density at radius 1 is 1.53 bits per heavy atom. The lowest BCUT2D eigenvalue weighted by atomic mass is 10.3. The first-order valence-corrected chi connectivity index (χ1v) is 8.19. The van der Waals surface area contributed by atoms with E-state index in [0.29, 0.717) is 6.54 Å². The van der Waals surface area contributed by atoms with Crippen molar-refractivity contribution in [2.24, 2.45) is 0 Å². The van der Waals surface area contributed by atoms with Crippen LogP contribution in [0, 0.1) is 0 Å². The van der Waals surface area contributed by atoms with Gasteiger partial charge in [-0.3, -0.25) is 0 Å². The maximum Gasteiger partial charge on any atom is 0.261 e. The van der Waals surface area contributed by atoms with E-state index in [9.17, 15) is 8.42 Å². The molecule has 1 aromatic rings. The van der Waals surface area contributed by atoms with Gasteiger partial charge < -0.3 is 0 Å². The van der Waals surface area contributed by atoms with Crippen LogP contribution >= 0.6 is 11.8 Å². The first-order valence-electron chi connectivity index (χ1n) is 5.70. The molecule has 0 aliphatic carbocycles. The van der Waals surface area contributed by atoms with Gasteiger partial charge in [0.2, 0.25) is 0 Å². The van der Waals surface area contributed by atoms with Crippen LogP contribution in [0.15, 0.2) is 29.4 Å². The highest BCUT2D eigenvalue weighted by Crippen LogP contribution is 2.31. The number of nitrogens with zero attached hydrogens (tertiary/aromatic N) is 2. The van der Waals surface area contributed by atoms with Crippen LogP contribution in [-0.4, -0.2) is 35.4 Å². The quantitative estimate of drug-likeness (QED) is 0.840. The van der Waals surface area contributed by atoms with Gasteiger partial charge in [-0.15, -0.1) is 11.8 Å². The summed E-state index contributed by atoms with van der Waals surface area (Å²) in [5, 5.41) is 0.232. The molecule has 6 heteroatoms. The van der Waals surface area contributed by atoms with Crippen molar-refractivity contribution < 1.29 is 8.42 Å². The number of thioether (sulfide) groups is 1. The molecule has 1 saturated heterocycles. The van der Waals surface area contributed by atoms with Crippen molar-refractivity contribution >= 4 is 21.8 Å². The van der Waals surface area contributed by atoms with Crippen molar-refractivity contribution in [3.05, 3.63) is 24.4 Å². The topological polar surface area (TPSA) is 50.3 Å². The number of hydrogen-bond donors (Lipinski definition) is 0. The second kappa shape index (κ2) is 5.37. The summed E-state index contributed by atoms with van der Waals surface area (Å²) in [4.78, 5) is 3.95. The molecule has 0 N–H and O–H groups in total. The van der Waals surface area contributed by atoms with Crippen molar-refractivity contribution in [3.8, 4) is 0 Å². The van der Waals surface area contributed by atoms with Gasteiger partial charge >= 0.3 is 0 Å². The predicted octanol–water partition coefficient (Wildman–Crippen LogP) is 1.95. The Morgan fingerprint density at radius 2 is 2.35 bits per heavy atom. The first kappa shape index (κ1) is 12.9. The molecule has 0 radical (unpaired) electrons. The van der Waals surface area contributed by atoms with E-state index in [2.05, 4.69) is 11.9 Å². The zero-order valence-electron chi connectivity index (χ0n) is 9.74. The van der Waals surface area contributed by atoms with Gasteiger partial charge in [-0.1, -0.05) is 19.4 Å². The monoisotopic (exact) mass is 272 g/mol. The molecule has 1 aliphatic rings. The minimum atomic E-state index is -3.41. The Morgan fingerprint density at radius 3 is 3.00 bits per heavy atom. The summed E-state index contributed by atoms with van der Waals surface area (Å²) in [6.45, 7) is 2.67. The summed E-state index contributed by atoms with van der Waals surface area (Å²) in [5.41, 5.74) is 0. The minimum Gasteiger partial charge on any atom is -0.243 e. The molecular weight excluding hydrogens is 256 g/mol. The summed E-state index contributed by atoms with van der Waals surface area (Å²) >= 11 is 1.72. The second-order valence-electron chi connectivity index (χ2n) is 3.90. The average Bonchev–Trinajstić information content (AvgIpc) is 2.80. The largest absolute Gasteiger partial charge is 0.261 e. The summed E-state index contributed by atoms with van der Waals surface area (Å²) < 4.78 is 26.3. The van der Waals surface area contributed by atoms with Gasteiger partial charge in [-0.2, -0.15) is 4.31 Å². The molecule has 0 bridgehead atoms. The fourth-order valence-electron chi connectivity index (χ4n) is 1.87. The summed E-state index contributed by atoms with van der Waals surface area (Å²) in [6.07, 6.45) is 3.41. The molecule has 0 aromatic carbocycles. The highest BCUT2D eigenvalue weighted by atomic mass is 32.2. The van der Waals surface area contributed by atoms with Gasteiger partial charge in [-0.25, -0.2) is 13.4 Å². The number of sulfonamides is 1. The SMILES string of the molecule is CCCC1SCCN1S(=O)(=O)c1ccccn1. The third-order valence-corrected chi connectivity index (χ3v) is 5.94. The van der Waals surface area contributed by atoms with Crippen molar-refractivity contribution in [2.45, 2.75) is 30.2 Å². The normalized spacial score (nSPS) is 21.8. The molecule has 17 heavy (non-hydrogen) atoms. The highest BCUT2D eigenvalue weighted by molar-refractivity contribution is 8.01. The number of rotatable bonds is 4. The van der Waals surface area contributed by atoms with Crippen LogP contribution in [0.1, 0.15) is 19.8 Å². The van der Waals surface area contributed by atoms with E-state index in [-0.39, 0.29) is 10.4 Å². The van der Waals surface area contributed by atoms with E-state index in [0.717, 1.165) is 18.6 Å². The molecule has 1 unspecified atom stereocenters. The standard InChI is InChI=1S/C11H16N2O2S2/c1-2-5-11-13(8-9-16-11)17(14,15)10-6-3-4-7-12-10/h3-4,6-7,11H,2,5,8-9H2,1H3. The van der Waals surface area contributed by atoms with Crippen molar-refractivity contribution in [1.82, 2.24) is 9.29 Å². The molecule has 1 aromatic heterocycles. The molecule has 1 fully saturated rings. The Balaban J connectivity index is 2.27.